The Labute approximate surface area is 201 Å². The molecular formula is C30H19N5. The number of nitrogens with zero attached hydrogens (tertiary/aromatic N) is 5. The number of imidazole rings is 1. The molecule has 0 atom stereocenters. The minimum absolute atomic E-state index is 0.900. The maximum Gasteiger partial charge on any atom is 0.137 e. The van der Waals surface area contributed by atoms with Gasteiger partial charge < -0.3 is 0 Å². The van der Waals surface area contributed by atoms with Crippen LogP contribution in [0.25, 0.3) is 61.4 Å². The lowest BCUT2D eigenvalue weighted by atomic mass is 10.0. The summed E-state index contributed by atoms with van der Waals surface area (Å²) < 4.78 is 2.12. The average molecular weight is 450 g/mol. The molecule has 5 nitrogen and oxygen atoms in total. The highest BCUT2D eigenvalue weighted by atomic mass is 15.0. The van der Waals surface area contributed by atoms with Gasteiger partial charge in [0.15, 0.2) is 0 Å². The molecule has 0 bridgehead atoms. The predicted molar refractivity (Wildman–Crippen MR) is 140 cm³/mol. The molecule has 0 amide bonds. The monoisotopic (exact) mass is 449 g/mol. The molecule has 0 aliphatic carbocycles. The first-order valence-corrected chi connectivity index (χ1v) is 11.5. The molecule has 0 fully saturated rings. The summed E-state index contributed by atoms with van der Waals surface area (Å²) >= 11 is 0. The van der Waals surface area contributed by atoms with E-state index in [1.807, 2.05) is 72.9 Å². The van der Waals surface area contributed by atoms with Crippen molar-refractivity contribution in [3.05, 3.63) is 116 Å². The predicted octanol–water partition coefficient (Wildman–Crippen LogP) is 6.83. The van der Waals surface area contributed by atoms with Gasteiger partial charge >= 0.3 is 0 Å². The Morgan fingerprint density at radius 3 is 2.23 bits per heavy atom. The van der Waals surface area contributed by atoms with Crippen molar-refractivity contribution >= 4 is 27.6 Å². The smallest absolute Gasteiger partial charge is 0.137 e. The van der Waals surface area contributed by atoms with Crippen LogP contribution in [0.4, 0.5) is 0 Å². The van der Waals surface area contributed by atoms with Crippen LogP contribution < -0.4 is 0 Å². The summed E-state index contributed by atoms with van der Waals surface area (Å²) in [5.74, 6) is 0. The summed E-state index contributed by atoms with van der Waals surface area (Å²) in [5.41, 5.74) is 9.65. The van der Waals surface area contributed by atoms with Gasteiger partial charge in [0.05, 0.1) is 28.1 Å². The number of hydrogen-bond acceptors (Lipinski definition) is 4. The van der Waals surface area contributed by atoms with Crippen molar-refractivity contribution in [3.8, 4) is 33.8 Å². The van der Waals surface area contributed by atoms with Gasteiger partial charge in [-0.2, -0.15) is 0 Å². The van der Waals surface area contributed by atoms with E-state index in [1.54, 1.807) is 12.4 Å². The van der Waals surface area contributed by atoms with Crippen LogP contribution >= 0.6 is 0 Å². The summed E-state index contributed by atoms with van der Waals surface area (Å²) in [5, 5.41) is 1.01. The van der Waals surface area contributed by atoms with Gasteiger partial charge in [-0.25, -0.2) is 15.0 Å². The van der Waals surface area contributed by atoms with Crippen LogP contribution in [0, 0.1) is 0 Å². The number of pyridine rings is 4. The van der Waals surface area contributed by atoms with Crippen LogP contribution in [0.2, 0.25) is 0 Å². The highest BCUT2D eigenvalue weighted by Gasteiger charge is 2.17. The Kier molecular flexibility index (Phi) is 4.39. The normalized spacial score (nSPS) is 11.4. The van der Waals surface area contributed by atoms with Crippen molar-refractivity contribution in [1.29, 1.82) is 0 Å². The van der Waals surface area contributed by atoms with Gasteiger partial charge in [0.2, 0.25) is 0 Å². The molecule has 0 radical (unpaired) electrons. The Morgan fingerprint density at radius 2 is 1.37 bits per heavy atom. The van der Waals surface area contributed by atoms with E-state index in [0.717, 1.165) is 61.4 Å². The van der Waals surface area contributed by atoms with Crippen molar-refractivity contribution in [2.45, 2.75) is 0 Å². The van der Waals surface area contributed by atoms with Gasteiger partial charge in [-0.3, -0.25) is 9.38 Å². The second-order valence-corrected chi connectivity index (χ2v) is 8.44. The molecule has 0 unspecified atom stereocenters. The van der Waals surface area contributed by atoms with Gasteiger partial charge in [-0.15, -0.1) is 0 Å². The molecule has 5 heterocycles. The van der Waals surface area contributed by atoms with E-state index in [9.17, 15) is 0 Å². The standard InChI is InChI=1S/C30H19N5/c1-2-7-21(8-3-1)28-30-29(34-27-11-4-5-18-35(27)30)23-19-22(12-13-26(23)33-28)25-10-6-9-24(32-25)20-14-16-31-17-15-20/h1-19H. The molecular weight excluding hydrogens is 430 g/mol. The Balaban J connectivity index is 1.48. The van der Waals surface area contributed by atoms with E-state index in [1.165, 1.54) is 0 Å². The van der Waals surface area contributed by atoms with E-state index in [2.05, 4.69) is 39.7 Å². The number of benzene rings is 2. The second kappa shape index (κ2) is 7.85. The third-order valence-electron chi connectivity index (χ3n) is 6.31. The van der Waals surface area contributed by atoms with Crippen molar-refractivity contribution in [2.75, 3.05) is 0 Å². The SMILES string of the molecule is c1ccc(-c2nc3ccc(-c4cccc(-c5ccncc5)n4)cc3c3nc4ccccn4c23)cc1. The second-order valence-electron chi connectivity index (χ2n) is 8.44. The maximum absolute atomic E-state index is 5.11. The molecule has 0 N–H and O–H groups in total. The lowest BCUT2D eigenvalue weighted by molar-refractivity contribution is 1.22. The van der Waals surface area contributed by atoms with E-state index < -0.39 is 0 Å². The molecule has 7 aromatic rings. The molecule has 5 heteroatoms. The molecule has 35 heavy (non-hydrogen) atoms. The minimum atomic E-state index is 0.900. The van der Waals surface area contributed by atoms with Crippen LogP contribution in [-0.4, -0.2) is 24.3 Å². The van der Waals surface area contributed by atoms with Crippen LogP contribution in [0.3, 0.4) is 0 Å². The first-order valence-electron chi connectivity index (χ1n) is 11.5. The average Bonchev–Trinajstić information content (AvgIpc) is 3.33. The van der Waals surface area contributed by atoms with Gasteiger partial charge in [0, 0.05) is 40.7 Å². The zero-order chi connectivity index (χ0) is 23.2. The van der Waals surface area contributed by atoms with Crippen molar-refractivity contribution < 1.29 is 0 Å². The molecule has 0 aliphatic heterocycles. The van der Waals surface area contributed by atoms with Gasteiger partial charge in [-0.05, 0) is 48.5 Å². The Hall–Kier alpha value is -4.90. The summed E-state index contributed by atoms with van der Waals surface area (Å²) in [6.45, 7) is 0. The van der Waals surface area contributed by atoms with Crippen LogP contribution in [0.1, 0.15) is 0 Å². The zero-order valence-corrected chi connectivity index (χ0v) is 18.7. The Bertz CT molecular complexity index is 1840. The summed E-state index contributed by atoms with van der Waals surface area (Å²) in [6.07, 6.45) is 5.62. The van der Waals surface area contributed by atoms with Gasteiger partial charge in [0.1, 0.15) is 11.2 Å². The third kappa shape index (κ3) is 3.25. The topological polar surface area (TPSA) is 56.0 Å². The van der Waals surface area contributed by atoms with E-state index in [4.69, 9.17) is 15.0 Å². The summed E-state index contributed by atoms with van der Waals surface area (Å²) in [6, 6.07) is 32.7. The molecule has 0 saturated carbocycles. The highest BCUT2D eigenvalue weighted by Crippen LogP contribution is 2.35. The van der Waals surface area contributed by atoms with Crippen LogP contribution in [0.5, 0.6) is 0 Å². The first-order chi connectivity index (χ1) is 17.3. The summed E-state index contributed by atoms with van der Waals surface area (Å²) in [4.78, 5) is 19.2. The number of aromatic nitrogens is 5. The lowest BCUT2D eigenvalue weighted by Gasteiger charge is -2.09. The van der Waals surface area contributed by atoms with E-state index >= 15 is 0 Å². The molecule has 164 valence electrons. The van der Waals surface area contributed by atoms with Crippen molar-refractivity contribution in [2.24, 2.45) is 0 Å². The number of fused-ring (bicyclic) bond motifs is 5. The van der Waals surface area contributed by atoms with E-state index in [-0.39, 0.29) is 0 Å². The molecule has 0 saturated heterocycles. The fourth-order valence-corrected chi connectivity index (χ4v) is 4.64. The van der Waals surface area contributed by atoms with Gasteiger partial charge in [0.25, 0.3) is 0 Å². The molecule has 5 aromatic heterocycles. The molecule has 2 aromatic carbocycles. The first kappa shape index (κ1) is 19.6. The maximum atomic E-state index is 5.11. The van der Waals surface area contributed by atoms with Crippen LogP contribution in [-0.2, 0) is 0 Å². The summed E-state index contributed by atoms with van der Waals surface area (Å²) in [7, 11) is 0. The van der Waals surface area contributed by atoms with Crippen LogP contribution in [0.15, 0.2) is 116 Å². The fraction of sp³-hybridized carbons (Fsp3) is 0. The number of rotatable bonds is 3. The zero-order valence-electron chi connectivity index (χ0n) is 18.7. The minimum Gasteiger partial charge on any atom is -0.298 e. The molecule has 0 aliphatic rings. The quantitative estimate of drug-likeness (QED) is 0.297. The fourth-order valence-electron chi connectivity index (χ4n) is 4.64. The lowest BCUT2D eigenvalue weighted by Crippen LogP contribution is -1.93. The van der Waals surface area contributed by atoms with Gasteiger partial charge in [-0.1, -0.05) is 48.5 Å². The Morgan fingerprint density at radius 1 is 0.571 bits per heavy atom. The van der Waals surface area contributed by atoms with E-state index in [0.29, 0.717) is 0 Å². The molecule has 0 spiro atoms. The largest absolute Gasteiger partial charge is 0.298 e. The number of hydrogen-bond donors (Lipinski definition) is 0. The van der Waals surface area contributed by atoms with Crippen molar-refractivity contribution in [1.82, 2.24) is 24.3 Å². The third-order valence-corrected chi connectivity index (χ3v) is 6.31. The highest BCUT2D eigenvalue weighted by molar-refractivity contribution is 6.10. The molecule has 7 rings (SSSR count). The van der Waals surface area contributed by atoms with Crippen molar-refractivity contribution in [3.63, 3.8) is 0 Å².